The zero-order chi connectivity index (χ0) is 21.2. The Bertz CT molecular complexity index is 786. The van der Waals surface area contributed by atoms with Gasteiger partial charge in [0, 0.05) is 20.4 Å². The van der Waals surface area contributed by atoms with E-state index in [9.17, 15) is 22.8 Å². The number of rotatable bonds is 4. The molecule has 2 aliphatic rings. The minimum Gasteiger partial charge on any atom is -0.419 e. The molecule has 0 unspecified atom stereocenters. The number of cyclic esters (lactones) is 2. The van der Waals surface area contributed by atoms with Gasteiger partial charge in [0.25, 0.3) is 5.79 Å². The minimum absolute atomic E-state index is 0.135. The average molecular weight is 411 g/mol. The molecule has 2 aliphatic heterocycles. The standard InChI is InChI=1S/C21H24F3NO4/c1-20(2)28-18(26)17(19(27)29-20)13-15-5-3-4-14(12-15)6-9-25-10-7-16(8-11-25)21(22,23)24/h3-5,12-13,16H,6-11H2,1-2H3. The first kappa shape index (κ1) is 21.4. The van der Waals surface area contributed by atoms with Gasteiger partial charge in [0.15, 0.2) is 0 Å². The van der Waals surface area contributed by atoms with Gasteiger partial charge in [-0.15, -0.1) is 0 Å². The van der Waals surface area contributed by atoms with E-state index < -0.39 is 29.8 Å². The van der Waals surface area contributed by atoms with Crippen LogP contribution in [0.3, 0.4) is 0 Å². The Labute approximate surface area is 167 Å². The van der Waals surface area contributed by atoms with Crippen molar-refractivity contribution in [2.75, 3.05) is 19.6 Å². The smallest absolute Gasteiger partial charge is 0.391 e. The lowest BCUT2D eigenvalue weighted by Crippen LogP contribution is -2.41. The molecule has 29 heavy (non-hydrogen) atoms. The molecule has 2 heterocycles. The van der Waals surface area contributed by atoms with Gasteiger partial charge in [-0.25, -0.2) is 9.59 Å². The van der Waals surface area contributed by atoms with Crippen LogP contribution in [0.5, 0.6) is 0 Å². The molecule has 2 fully saturated rings. The lowest BCUT2D eigenvalue weighted by Gasteiger charge is -2.32. The normalized spacial score (nSPS) is 20.9. The van der Waals surface area contributed by atoms with Gasteiger partial charge in [0.2, 0.25) is 0 Å². The quantitative estimate of drug-likeness (QED) is 0.429. The molecule has 0 bridgehead atoms. The summed E-state index contributed by atoms with van der Waals surface area (Å²) < 4.78 is 48.5. The van der Waals surface area contributed by atoms with Crippen LogP contribution < -0.4 is 0 Å². The zero-order valence-electron chi connectivity index (χ0n) is 16.4. The van der Waals surface area contributed by atoms with Gasteiger partial charge in [-0.1, -0.05) is 24.3 Å². The molecule has 2 saturated heterocycles. The molecule has 0 atom stereocenters. The number of piperidine rings is 1. The molecule has 0 aromatic heterocycles. The van der Waals surface area contributed by atoms with Crippen molar-refractivity contribution in [3.05, 3.63) is 41.0 Å². The van der Waals surface area contributed by atoms with Crippen molar-refractivity contribution in [1.29, 1.82) is 0 Å². The third-order valence-electron chi connectivity index (χ3n) is 5.15. The van der Waals surface area contributed by atoms with Crippen molar-refractivity contribution in [2.24, 2.45) is 5.92 Å². The summed E-state index contributed by atoms with van der Waals surface area (Å²) in [5, 5.41) is 0. The van der Waals surface area contributed by atoms with Crippen molar-refractivity contribution >= 4 is 18.0 Å². The second-order valence-electron chi connectivity index (χ2n) is 7.89. The van der Waals surface area contributed by atoms with Crippen LogP contribution in [-0.4, -0.2) is 48.4 Å². The zero-order valence-corrected chi connectivity index (χ0v) is 16.4. The summed E-state index contributed by atoms with van der Waals surface area (Å²) in [5.74, 6) is -3.95. The van der Waals surface area contributed by atoms with Crippen LogP contribution in [0, 0.1) is 5.92 Å². The van der Waals surface area contributed by atoms with E-state index in [1.54, 1.807) is 12.1 Å². The number of hydrogen-bond donors (Lipinski definition) is 0. The van der Waals surface area contributed by atoms with E-state index >= 15 is 0 Å². The van der Waals surface area contributed by atoms with E-state index in [-0.39, 0.29) is 18.4 Å². The summed E-state index contributed by atoms with van der Waals surface area (Å²) in [6, 6.07) is 7.31. The van der Waals surface area contributed by atoms with Gasteiger partial charge in [-0.05, 0) is 49.6 Å². The molecule has 0 radical (unpaired) electrons. The number of nitrogens with zero attached hydrogens (tertiary/aromatic N) is 1. The van der Waals surface area contributed by atoms with Crippen LogP contribution in [0.25, 0.3) is 6.08 Å². The number of hydrogen-bond acceptors (Lipinski definition) is 5. The molecule has 1 aromatic rings. The Kier molecular flexibility index (Phi) is 6.03. The number of likely N-dealkylation sites (tertiary alicyclic amines) is 1. The summed E-state index contributed by atoms with van der Waals surface area (Å²) in [6.45, 7) is 4.49. The Morgan fingerprint density at radius 1 is 1.14 bits per heavy atom. The van der Waals surface area contributed by atoms with E-state index in [0.29, 0.717) is 31.6 Å². The van der Waals surface area contributed by atoms with Gasteiger partial charge in [0.1, 0.15) is 5.57 Å². The first-order chi connectivity index (χ1) is 13.5. The number of benzene rings is 1. The molecule has 0 aliphatic carbocycles. The van der Waals surface area contributed by atoms with E-state index in [0.717, 1.165) is 5.56 Å². The first-order valence-electron chi connectivity index (χ1n) is 9.60. The number of halogens is 3. The van der Waals surface area contributed by atoms with E-state index in [1.165, 1.54) is 19.9 Å². The summed E-state index contributed by atoms with van der Waals surface area (Å²) in [6.07, 6.45) is -1.75. The Balaban J connectivity index is 1.59. The van der Waals surface area contributed by atoms with E-state index in [4.69, 9.17) is 9.47 Å². The molecular formula is C21H24F3NO4. The number of ether oxygens (including phenoxy) is 2. The highest BCUT2D eigenvalue weighted by atomic mass is 19.4. The fourth-order valence-electron chi connectivity index (χ4n) is 3.55. The molecule has 0 spiro atoms. The minimum atomic E-state index is -4.11. The fourth-order valence-corrected chi connectivity index (χ4v) is 3.55. The molecular weight excluding hydrogens is 387 g/mol. The van der Waals surface area contributed by atoms with Gasteiger partial charge in [-0.2, -0.15) is 13.2 Å². The lowest BCUT2D eigenvalue weighted by atomic mass is 9.96. The van der Waals surface area contributed by atoms with Crippen molar-refractivity contribution in [3.63, 3.8) is 0 Å². The van der Waals surface area contributed by atoms with Crippen molar-refractivity contribution in [3.8, 4) is 0 Å². The second-order valence-corrected chi connectivity index (χ2v) is 7.89. The molecule has 0 amide bonds. The topological polar surface area (TPSA) is 55.8 Å². The monoisotopic (exact) mass is 411 g/mol. The number of esters is 2. The summed E-state index contributed by atoms with van der Waals surface area (Å²) in [7, 11) is 0. The molecule has 0 saturated carbocycles. The predicted molar refractivity (Wildman–Crippen MR) is 99.6 cm³/mol. The maximum atomic E-state index is 12.8. The highest BCUT2D eigenvalue weighted by molar-refractivity contribution is 6.18. The maximum absolute atomic E-state index is 12.8. The summed E-state index contributed by atoms with van der Waals surface area (Å²) in [4.78, 5) is 26.2. The summed E-state index contributed by atoms with van der Waals surface area (Å²) >= 11 is 0. The van der Waals surface area contributed by atoms with Crippen LogP contribution in [0.15, 0.2) is 29.8 Å². The van der Waals surface area contributed by atoms with Gasteiger partial charge in [-0.3, -0.25) is 0 Å². The fraction of sp³-hybridized carbons (Fsp3) is 0.524. The molecule has 1 aromatic carbocycles. The van der Waals surface area contributed by atoms with Gasteiger partial charge < -0.3 is 14.4 Å². The first-order valence-corrected chi connectivity index (χ1v) is 9.60. The van der Waals surface area contributed by atoms with Crippen LogP contribution in [0.1, 0.15) is 37.8 Å². The van der Waals surface area contributed by atoms with Gasteiger partial charge >= 0.3 is 18.1 Å². The third kappa shape index (κ3) is 5.59. The third-order valence-corrected chi connectivity index (χ3v) is 5.15. The van der Waals surface area contributed by atoms with Crippen molar-refractivity contribution in [1.82, 2.24) is 4.90 Å². The van der Waals surface area contributed by atoms with Crippen LogP contribution >= 0.6 is 0 Å². The number of carbonyl (C=O) groups excluding carboxylic acids is 2. The highest BCUT2D eigenvalue weighted by Gasteiger charge is 2.41. The second kappa shape index (κ2) is 8.18. The SMILES string of the molecule is CC1(C)OC(=O)C(=Cc2cccc(CCN3CCC(C(F)(F)F)CC3)c2)C(=O)O1. The average Bonchev–Trinajstić information content (AvgIpc) is 2.62. The Morgan fingerprint density at radius 2 is 1.76 bits per heavy atom. The number of carbonyl (C=O) groups is 2. The lowest BCUT2D eigenvalue weighted by molar-refractivity contribution is -0.222. The molecule has 8 heteroatoms. The molecule has 0 N–H and O–H groups in total. The number of alkyl halides is 3. The van der Waals surface area contributed by atoms with Crippen LogP contribution in [0.4, 0.5) is 13.2 Å². The maximum Gasteiger partial charge on any atom is 0.391 e. The van der Waals surface area contributed by atoms with Crippen LogP contribution in [0.2, 0.25) is 0 Å². The molecule has 5 nitrogen and oxygen atoms in total. The molecule has 3 rings (SSSR count). The van der Waals surface area contributed by atoms with Gasteiger partial charge in [0.05, 0.1) is 5.92 Å². The van der Waals surface area contributed by atoms with E-state index in [2.05, 4.69) is 0 Å². The largest absolute Gasteiger partial charge is 0.419 e. The van der Waals surface area contributed by atoms with Crippen molar-refractivity contribution in [2.45, 2.75) is 45.1 Å². The Morgan fingerprint density at radius 3 is 2.34 bits per heavy atom. The van der Waals surface area contributed by atoms with Crippen LogP contribution in [-0.2, 0) is 25.5 Å². The predicted octanol–water partition coefficient (Wildman–Crippen LogP) is 3.72. The van der Waals surface area contributed by atoms with Crippen molar-refractivity contribution < 1.29 is 32.2 Å². The van der Waals surface area contributed by atoms with E-state index in [1.807, 2.05) is 17.0 Å². The highest BCUT2D eigenvalue weighted by Crippen LogP contribution is 2.34. The molecule has 158 valence electrons. The Hall–Kier alpha value is -2.35. The summed E-state index contributed by atoms with van der Waals surface area (Å²) in [5.41, 5.74) is 1.45.